The topological polar surface area (TPSA) is 55.1 Å². The number of thiophene rings is 1. The Bertz CT molecular complexity index is 589. The van der Waals surface area contributed by atoms with Gasteiger partial charge in [0.2, 0.25) is 0 Å². The van der Waals surface area contributed by atoms with Gasteiger partial charge in [-0.15, -0.1) is 11.3 Å². The van der Waals surface area contributed by atoms with E-state index >= 15 is 0 Å². The van der Waals surface area contributed by atoms with Gasteiger partial charge in [-0.25, -0.2) is 4.98 Å². The van der Waals surface area contributed by atoms with Gasteiger partial charge in [-0.3, -0.25) is 9.36 Å². The summed E-state index contributed by atoms with van der Waals surface area (Å²) in [4.78, 5) is 18.7. The molecular weight excluding hydrogens is 256 g/mol. The van der Waals surface area contributed by atoms with E-state index in [0.717, 1.165) is 11.3 Å². The first-order valence-electron chi connectivity index (χ1n) is 5.39. The molecule has 0 spiro atoms. The molecule has 0 unspecified atom stereocenters. The summed E-state index contributed by atoms with van der Waals surface area (Å²) < 4.78 is 1.54. The number of rotatable bonds is 4. The van der Waals surface area contributed by atoms with Crippen LogP contribution in [0.15, 0.2) is 16.0 Å². The first kappa shape index (κ1) is 12.6. The maximum Gasteiger partial charge on any atom is 0.263 e. The fourth-order valence-electron chi connectivity index (χ4n) is 1.67. The van der Waals surface area contributed by atoms with Gasteiger partial charge < -0.3 is 5.11 Å². The van der Waals surface area contributed by atoms with Gasteiger partial charge in [-0.1, -0.05) is 18.7 Å². The molecule has 0 amide bonds. The summed E-state index contributed by atoms with van der Waals surface area (Å²) >= 11 is 3.00. The number of aromatic nitrogens is 2. The van der Waals surface area contributed by atoms with Gasteiger partial charge >= 0.3 is 0 Å². The van der Waals surface area contributed by atoms with Gasteiger partial charge in [-0.05, 0) is 18.7 Å². The summed E-state index contributed by atoms with van der Waals surface area (Å²) in [6.45, 7) is 2.31. The summed E-state index contributed by atoms with van der Waals surface area (Å²) in [7, 11) is 0. The average molecular weight is 270 g/mol. The highest BCUT2D eigenvalue weighted by atomic mass is 32.2. The van der Waals surface area contributed by atoms with Crippen molar-refractivity contribution < 1.29 is 5.11 Å². The van der Waals surface area contributed by atoms with Crippen LogP contribution >= 0.6 is 23.1 Å². The van der Waals surface area contributed by atoms with Crippen molar-refractivity contribution in [3.8, 4) is 0 Å². The number of thioether (sulfide) groups is 1. The highest BCUT2D eigenvalue weighted by Crippen LogP contribution is 2.24. The SMILES string of the molecule is CCc1cc2c(=O)n(CCO)c(SC)nc2s1. The van der Waals surface area contributed by atoms with Gasteiger partial charge in [0, 0.05) is 4.88 Å². The molecule has 0 aliphatic heterocycles. The van der Waals surface area contributed by atoms with E-state index in [1.807, 2.05) is 12.3 Å². The molecule has 0 saturated carbocycles. The lowest BCUT2D eigenvalue weighted by atomic mass is 10.3. The highest BCUT2D eigenvalue weighted by Gasteiger charge is 2.12. The van der Waals surface area contributed by atoms with Crippen LogP contribution < -0.4 is 5.56 Å². The Hall–Kier alpha value is -0.850. The van der Waals surface area contributed by atoms with Crippen LogP contribution in [0.5, 0.6) is 0 Å². The molecule has 0 fully saturated rings. The van der Waals surface area contributed by atoms with Crippen LogP contribution in [0.25, 0.3) is 10.2 Å². The Balaban J connectivity index is 2.71. The summed E-state index contributed by atoms with van der Waals surface area (Å²) in [6, 6.07) is 1.91. The molecule has 0 aliphatic rings. The molecule has 2 aromatic rings. The second-order valence-electron chi connectivity index (χ2n) is 3.56. The van der Waals surface area contributed by atoms with Crippen molar-refractivity contribution in [3.05, 3.63) is 21.3 Å². The van der Waals surface area contributed by atoms with Gasteiger partial charge in [-0.2, -0.15) is 0 Å². The zero-order chi connectivity index (χ0) is 12.4. The Morgan fingerprint density at radius 2 is 2.35 bits per heavy atom. The van der Waals surface area contributed by atoms with Gasteiger partial charge in [0.15, 0.2) is 5.16 Å². The van der Waals surface area contributed by atoms with Crippen LogP contribution in [0.2, 0.25) is 0 Å². The lowest BCUT2D eigenvalue weighted by Gasteiger charge is -2.08. The summed E-state index contributed by atoms with van der Waals surface area (Å²) in [6.07, 6.45) is 2.80. The second-order valence-corrected chi connectivity index (χ2v) is 5.45. The average Bonchev–Trinajstić information content (AvgIpc) is 2.76. The van der Waals surface area contributed by atoms with E-state index < -0.39 is 0 Å². The van der Waals surface area contributed by atoms with Gasteiger partial charge in [0.05, 0.1) is 18.5 Å². The molecule has 2 heterocycles. The molecule has 0 aliphatic carbocycles. The number of hydrogen-bond donors (Lipinski definition) is 1. The molecule has 17 heavy (non-hydrogen) atoms. The third kappa shape index (κ3) is 2.25. The van der Waals surface area contributed by atoms with Crippen molar-refractivity contribution in [2.75, 3.05) is 12.9 Å². The van der Waals surface area contributed by atoms with E-state index in [-0.39, 0.29) is 12.2 Å². The van der Waals surface area contributed by atoms with E-state index in [9.17, 15) is 4.79 Å². The first-order valence-corrected chi connectivity index (χ1v) is 7.43. The number of aliphatic hydroxyl groups excluding tert-OH is 1. The van der Waals surface area contributed by atoms with Crippen LogP contribution in [0.1, 0.15) is 11.8 Å². The maximum absolute atomic E-state index is 12.2. The molecule has 0 aromatic carbocycles. The molecular formula is C11H14N2O2S2. The number of nitrogens with zero attached hydrogens (tertiary/aromatic N) is 2. The molecule has 0 atom stereocenters. The third-order valence-corrected chi connectivity index (χ3v) is 4.37. The minimum atomic E-state index is -0.0515. The smallest absolute Gasteiger partial charge is 0.263 e. The predicted octanol–water partition coefficient (Wildman–Crippen LogP) is 1.73. The molecule has 0 saturated heterocycles. The van der Waals surface area contributed by atoms with E-state index in [4.69, 9.17) is 5.11 Å². The second kappa shape index (κ2) is 5.20. The molecule has 0 radical (unpaired) electrons. The van der Waals surface area contributed by atoms with E-state index in [1.54, 1.807) is 15.9 Å². The van der Waals surface area contributed by atoms with Crippen LogP contribution in [-0.2, 0) is 13.0 Å². The lowest BCUT2D eigenvalue weighted by molar-refractivity contribution is 0.268. The van der Waals surface area contributed by atoms with Crippen LogP contribution in [-0.4, -0.2) is 27.5 Å². The molecule has 4 nitrogen and oxygen atoms in total. The third-order valence-electron chi connectivity index (χ3n) is 2.52. The molecule has 2 rings (SSSR count). The predicted molar refractivity (Wildman–Crippen MR) is 72.1 cm³/mol. The minimum absolute atomic E-state index is 0.0502. The van der Waals surface area contributed by atoms with Crippen molar-refractivity contribution in [2.45, 2.75) is 25.0 Å². The maximum atomic E-state index is 12.2. The molecule has 92 valence electrons. The van der Waals surface area contributed by atoms with Gasteiger partial charge in [0.25, 0.3) is 5.56 Å². The van der Waals surface area contributed by atoms with Crippen molar-refractivity contribution >= 4 is 33.3 Å². The van der Waals surface area contributed by atoms with Crippen molar-refractivity contribution in [3.63, 3.8) is 0 Å². The Labute approximate surface area is 107 Å². The number of aryl methyl sites for hydroxylation is 1. The largest absolute Gasteiger partial charge is 0.395 e. The van der Waals surface area contributed by atoms with Crippen molar-refractivity contribution in [1.29, 1.82) is 0 Å². The molecule has 0 bridgehead atoms. The fourth-order valence-corrected chi connectivity index (χ4v) is 3.27. The standard InChI is InChI=1S/C11H14N2O2S2/c1-3-7-6-8-9(17-7)12-11(16-2)13(4-5-14)10(8)15/h6,14H,3-5H2,1-2H3. The normalized spacial score (nSPS) is 11.2. The van der Waals surface area contributed by atoms with E-state index in [1.165, 1.54) is 16.6 Å². The van der Waals surface area contributed by atoms with Crippen molar-refractivity contribution in [1.82, 2.24) is 9.55 Å². The quantitative estimate of drug-likeness (QED) is 0.679. The fraction of sp³-hybridized carbons (Fsp3) is 0.455. The van der Waals surface area contributed by atoms with Crippen LogP contribution in [0, 0.1) is 0 Å². The summed E-state index contributed by atoms with van der Waals surface area (Å²) in [5.41, 5.74) is -0.0515. The number of hydrogen-bond acceptors (Lipinski definition) is 5. The van der Waals surface area contributed by atoms with Gasteiger partial charge in [0.1, 0.15) is 4.83 Å². The molecule has 6 heteroatoms. The summed E-state index contributed by atoms with van der Waals surface area (Å²) in [5, 5.41) is 10.3. The first-order chi connectivity index (χ1) is 8.21. The Kier molecular flexibility index (Phi) is 3.86. The number of fused-ring (bicyclic) bond motifs is 1. The minimum Gasteiger partial charge on any atom is -0.395 e. The van der Waals surface area contributed by atoms with E-state index in [0.29, 0.717) is 17.1 Å². The monoisotopic (exact) mass is 270 g/mol. The Morgan fingerprint density at radius 1 is 1.59 bits per heavy atom. The highest BCUT2D eigenvalue weighted by molar-refractivity contribution is 7.98. The lowest BCUT2D eigenvalue weighted by Crippen LogP contribution is -2.24. The number of aliphatic hydroxyl groups is 1. The van der Waals surface area contributed by atoms with Crippen molar-refractivity contribution in [2.24, 2.45) is 0 Å². The van der Waals surface area contributed by atoms with E-state index in [2.05, 4.69) is 11.9 Å². The Morgan fingerprint density at radius 3 is 2.94 bits per heavy atom. The van der Waals surface area contributed by atoms with Crippen LogP contribution in [0.3, 0.4) is 0 Å². The molecule has 2 aromatic heterocycles. The molecule has 1 N–H and O–H groups in total. The van der Waals surface area contributed by atoms with Crippen LogP contribution in [0.4, 0.5) is 0 Å². The zero-order valence-electron chi connectivity index (χ0n) is 9.77. The zero-order valence-corrected chi connectivity index (χ0v) is 11.4. The summed E-state index contributed by atoms with van der Waals surface area (Å²) in [5.74, 6) is 0.